The van der Waals surface area contributed by atoms with Gasteiger partial charge >= 0.3 is 0 Å². The normalized spacial score (nSPS) is 11.3. The van der Waals surface area contributed by atoms with Crippen molar-refractivity contribution in [3.05, 3.63) is 45.9 Å². The maximum atomic E-state index is 9.65. The maximum absolute atomic E-state index is 9.65. The van der Waals surface area contributed by atoms with Gasteiger partial charge in [-0.05, 0) is 48.9 Å². The van der Waals surface area contributed by atoms with Gasteiger partial charge in [-0.3, -0.25) is 0 Å². The Bertz CT molecular complexity index is 1030. The predicted octanol–water partition coefficient (Wildman–Crippen LogP) is 5.43. The molecule has 1 aromatic heterocycles. The second kappa shape index (κ2) is 8.30. The summed E-state index contributed by atoms with van der Waals surface area (Å²) >= 11 is 7.47. The molecule has 5 nitrogen and oxygen atoms in total. The minimum atomic E-state index is 0.445. The van der Waals surface area contributed by atoms with Crippen LogP contribution in [0, 0.1) is 11.3 Å². The van der Waals surface area contributed by atoms with Crippen LogP contribution in [0.25, 0.3) is 21.9 Å². The van der Waals surface area contributed by atoms with E-state index in [9.17, 15) is 5.26 Å². The van der Waals surface area contributed by atoms with Crippen LogP contribution >= 0.6 is 22.9 Å². The van der Waals surface area contributed by atoms with Crippen LogP contribution < -0.4 is 14.2 Å². The SMILES string of the molecule is CCOc1c(OC)cc(/C=C(\C#N)c2nc3cc(Cl)ccc3s2)cc1OC. The molecule has 0 saturated carbocycles. The van der Waals surface area contributed by atoms with E-state index in [0.717, 1.165) is 15.8 Å². The molecule has 0 aliphatic rings. The number of halogens is 1. The third-order valence-electron chi connectivity index (χ3n) is 3.78. The van der Waals surface area contributed by atoms with E-state index in [2.05, 4.69) is 11.1 Å². The molecule has 0 saturated heterocycles. The summed E-state index contributed by atoms with van der Waals surface area (Å²) < 4.78 is 17.4. The number of nitrogens with zero attached hydrogens (tertiary/aromatic N) is 2. The first-order valence-corrected chi connectivity index (χ1v) is 9.36. The number of hydrogen-bond acceptors (Lipinski definition) is 6. The van der Waals surface area contributed by atoms with Gasteiger partial charge < -0.3 is 14.2 Å². The molecule has 138 valence electrons. The maximum Gasteiger partial charge on any atom is 0.203 e. The second-order valence-electron chi connectivity index (χ2n) is 5.49. The van der Waals surface area contributed by atoms with Gasteiger partial charge in [0.15, 0.2) is 11.5 Å². The van der Waals surface area contributed by atoms with Gasteiger partial charge in [-0.15, -0.1) is 11.3 Å². The van der Waals surface area contributed by atoms with Crippen molar-refractivity contribution in [1.29, 1.82) is 5.26 Å². The molecular formula is C20H17ClN2O3S. The van der Waals surface area contributed by atoms with Crippen LogP contribution in [0.15, 0.2) is 30.3 Å². The molecule has 0 aliphatic carbocycles. The van der Waals surface area contributed by atoms with Gasteiger partial charge in [0.25, 0.3) is 0 Å². The largest absolute Gasteiger partial charge is 0.493 e. The van der Waals surface area contributed by atoms with Crippen LogP contribution in [0.3, 0.4) is 0 Å². The molecule has 0 fully saturated rings. The fraction of sp³-hybridized carbons (Fsp3) is 0.200. The van der Waals surface area contributed by atoms with Gasteiger partial charge in [0.1, 0.15) is 11.1 Å². The van der Waals surface area contributed by atoms with Crippen molar-refractivity contribution in [2.24, 2.45) is 0 Å². The highest BCUT2D eigenvalue weighted by Gasteiger charge is 2.15. The van der Waals surface area contributed by atoms with Gasteiger partial charge in [0, 0.05) is 5.02 Å². The third-order valence-corrected chi connectivity index (χ3v) is 5.09. The van der Waals surface area contributed by atoms with E-state index in [1.807, 2.05) is 19.1 Å². The molecule has 0 bridgehead atoms. The minimum absolute atomic E-state index is 0.445. The van der Waals surface area contributed by atoms with E-state index in [1.165, 1.54) is 11.3 Å². The number of benzene rings is 2. The van der Waals surface area contributed by atoms with E-state index in [-0.39, 0.29) is 0 Å². The molecule has 3 rings (SSSR count). The molecule has 0 aliphatic heterocycles. The zero-order chi connectivity index (χ0) is 19.4. The first-order chi connectivity index (χ1) is 13.1. The average molecular weight is 401 g/mol. The highest BCUT2D eigenvalue weighted by Crippen LogP contribution is 2.39. The minimum Gasteiger partial charge on any atom is -0.493 e. The monoisotopic (exact) mass is 400 g/mol. The van der Waals surface area contributed by atoms with Gasteiger partial charge in [-0.1, -0.05) is 11.6 Å². The molecule has 3 aromatic rings. The van der Waals surface area contributed by atoms with Crippen LogP contribution in [0.4, 0.5) is 0 Å². The molecular weight excluding hydrogens is 384 g/mol. The molecule has 2 aromatic carbocycles. The molecule has 0 spiro atoms. The molecule has 1 heterocycles. The Morgan fingerprint density at radius 1 is 1.22 bits per heavy atom. The van der Waals surface area contributed by atoms with E-state index in [1.54, 1.807) is 38.5 Å². The summed E-state index contributed by atoms with van der Waals surface area (Å²) in [7, 11) is 3.13. The van der Waals surface area contributed by atoms with E-state index >= 15 is 0 Å². The smallest absolute Gasteiger partial charge is 0.203 e. The van der Waals surface area contributed by atoms with E-state index < -0.39 is 0 Å². The number of methoxy groups -OCH3 is 2. The Morgan fingerprint density at radius 3 is 2.52 bits per heavy atom. The van der Waals surface area contributed by atoms with Gasteiger partial charge in [0.05, 0.1) is 36.6 Å². The number of allylic oxidation sites excluding steroid dienone is 1. The number of hydrogen-bond donors (Lipinski definition) is 0. The molecule has 7 heteroatoms. The van der Waals surface area contributed by atoms with Crippen LogP contribution in [0.2, 0.25) is 5.02 Å². The van der Waals surface area contributed by atoms with Crippen molar-refractivity contribution in [2.45, 2.75) is 6.92 Å². The lowest BCUT2D eigenvalue weighted by Crippen LogP contribution is -1.99. The Kier molecular flexibility index (Phi) is 5.84. The van der Waals surface area contributed by atoms with Crippen LogP contribution in [0.5, 0.6) is 17.2 Å². The summed E-state index contributed by atoms with van der Waals surface area (Å²) in [5.41, 5.74) is 1.96. The van der Waals surface area contributed by atoms with Crippen molar-refractivity contribution in [1.82, 2.24) is 4.98 Å². The number of fused-ring (bicyclic) bond motifs is 1. The molecule has 0 atom stereocenters. The summed E-state index contributed by atoms with van der Waals surface area (Å²) in [5.74, 6) is 1.61. The lowest BCUT2D eigenvalue weighted by molar-refractivity contribution is 0.288. The summed E-state index contributed by atoms with van der Waals surface area (Å²) in [6, 6.07) is 11.3. The first-order valence-electron chi connectivity index (χ1n) is 8.16. The van der Waals surface area contributed by atoms with Gasteiger partial charge in [-0.25, -0.2) is 4.98 Å². The Labute approximate surface area is 166 Å². The second-order valence-corrected chi connectivity index (χ2v) is 6.96. The van der Waals surface area contributed by atoms with Gasteiger partial charge in [-0.2, -0.15) is 5.26 Å². The standard InChI is InChI=1S/C20H17ClN2O3S/c1-4-26-19-16(24-2)8-12(9-17(19)25-3)7-13(11-22)20-23-15-10-14(21)5-6-18(15)27-20/h5-10H,4H2,1-3H3/b13-7+. The number of ether oxygens (including phenoxy) is 3. The van der Waals surface area contributed by atoms with Crippen molar-refractivity contribution >= 4 is 44.8 Å². The van der Waals surface area contributed by atoms with E-state index in [0.29, 0.717) is 39.5 Å². The van der Waals surface area contributed by atoms with Crippen molar-refractivity contribution in [3.63, 3.8) is 0 Å². The Balaban J connectivity index is 2.08. The Morgan fingerprint density at radius 2 is 1.93 bits per heavy atom. The summed E-state index contributed by atoms with van der Waals surface area (Å²) in [6.45, 7) is 2.37. The lowest BCUT2D eigenvalue weighted by Gasteiger charge is -2.14. The molecule has 0 radical (unpaired) electrons. The summed E-state index contributed by atoms with van der Waals surface area (Å²) in [4.78, 5) is 4.53. The first kappa shape index (κ1) is 19.0. The van der Waals surface area contributed by atoms with Crippen LogP contribution in [-0.4, -0.2) is 25.8 Å². The number of nitriles is 1. The fourth-order valence-electron chi connectivity index (χ4n) is 2.59. The number of thiazole rings is 1. The highest BCUT2D eigenvalue weighted by molar-refractivity contribution is 7.19. The Hall–Kier alpha value is -2.75. The van der Waals surface area contributed by atoms with Crippen LogP contribution in [-0.2, 0) is 0 Å². The lowest BCUT2D eigenvalue weighted by atomic mass is 10.1. The van der Waals surface area contributed by atoms with Crippen molar-refractivity contribution < 1.29 is 14.2 Å². The quantitative estimate of drug-likeness (QED) is 0.516. The van der Waals surface area contributed by atoms with Crippen molar-refractivity contribution in [3.8, 4) is 23.3 Å². The molecule has 0 amide bonds. The van der Waals surface area contributed by atoms with Crippen molar-refractivity contribution in [2.75, 3.05) is 20.8 Å². The topological polar surface area (TPSA) is 64.4 Å². The predicted molar refractivity (Wildman–Crippen MR) is 109 cm³/mol. The molecule has 0 unspecified atom stereocenters. The fourth-order valence-corrected chi connectivity index (χ4v) is 3.67. The zero-order valence-corrected chi connectivity index (χ0v) is 16.6. The number of aromatic nitrogens is 1. The van der Waals surface area contributed by atoms with E-state index in [4.69, 9.17) is 25.8 Å². The third kappa shape index (κ3) is 4.00. The summed E-state index contributed by atoms with van der Waals surface area (Å²) in [6.07, 6.45) is 1.75. The van der Waals surface area contributed by atoms with Crippen LogP contribution in [0.1, 0.15) is 17.5 Å². The summed E-state index contributed by atoms with van der Waals surface area (Å²) in [5, 5.41) is 10.9. The number of rotatable bonds is 6. The van der Waals surface area contributed by atoms with Gasteiger partial charge in [0.2, 0.25) is 5.75 Å². The highest BCUT2D eigenvalue weighted by atomic mass is 35.5. The average Bonchev–Trinajstić information content (AvgIpc) is 3.09. The molecule has 27 heavy (non-hydrogen) atoms. The molecule has 0 N–H and O–H groups in total. The zero-order valence-electron chi connectivity index (χ0n) is 15.1.